The van der Waals surface area contributed by atoms with Gasteiger partial charge in [-0.05, 0) is 23.6 Å². The smallest absolute Gasteiger partial charge is 0.220 e. The Morgan fingerprint density at radius 2 is 1.95 bits per heavy atom. The summed E-state index contributed by atoms with van der Waals surface area (Å²) in [5.41, 5.74) is 1.01. The lowest BCUT2D eigenvalue weighted by Gasteiger charge is -2.13. The average Bonchev–Trinajstić information content (AvgIpc) is 2.45. The number of benzene rings is 1. The van der Waals surface area contributed by atoms with E-state index in [1.165, 1.54) is 0 Å². The number of aliphatic hydroxyl groups excluding tert-OH is 1. The Hall–Kier alpha value is -1.59. The molecule has 1 amide bonds. The van der Waals surface area contributed by atoms with Gasteiger partial charge in [-0.1, -0.05) is 26.0 Å². The van der Waals surface area contributed by atoms with Crippen molar-refractivity contribution in [3.8, 4) is 5.75 Å². The maximum absolute atomic E-state index is 11.4. The van der Waals surface area contributed by atoms with Crippen LogP contribution < -0.4 is 10.1 Å². The molecule has 0 aliphatic rings. The Morgan fingerprint density at radius 1 is 1.29 bits per heavy atom. The lowest BCUT2D eigenvalue weighted by atomic mass is 10.1. The van der Waals surface area contributed by atoms with E-state index in [0.717, 1.165) is 11.3 Å². The second-order valence-electron chi connectivity index (χ2n) is 5.42. The molecule has 0 heterocycles. The highest BCUT2D eigenvalue weighted by atomic mass is 16.5. The number of hydrogen-bond donors (Lipinski definition) is 2. The quantitative estimate of drug-likeness (QED) is 0.728. The largest absolute Gasteiger partial charge is 0.497 e. The van der Waals surface area contributed by atoms with Crippen molar-refractivity contribution in [2.75, 3.05) is 20.3 Å². The Kier molecular flexibility index (Phi) is 7.79. The highest BCUT2D eigenvalue weighted by molar-refractivity contribution is 5.76. The molecule has 0 radical (unpaired) electrons. The zero-order valence-corrected chi connectivity index (χ0v) is 13.0. The highest BCUT2D eigenvalue weighted by Crippen LogP contribution is 2.11. The summed E-state index contributed by atoms with van der Waals surface area (Å²) in [7, 11) is 1.62. The van der Waals surface area contributed by atoms with Gasteiger partial charge in [-0.15, -0.1) is 0 Å². The SMILES string of the molecule is COc1ccc(COC[C@@H](O)CNC(=O)CC(C)C)cc1. The summed E-state index contributed by atoms with van der Waals surface area (Å²) in [4.78, 5) is 11.4. The van der Waals surface area contributed by atoms with Crippen LogP contribution in [0.5, 0.6) is 5.75 Å². The van der Waals surface area contributed by atoms with Crippen molar-refractivity contribution < 1.29 is 19.4 Å². The first kappa shape index (κ1) is 17.5. The molecule has 0 unspecified atom stereocenters. The third kappa shape index (κ3) is 7.68. The predicted molar refractivity (Wildman–Crippen MR) is 81.1 cm³/mol. The van der Waals surface area contributed by atoms with Gasteiger partial charge in [0.25, 0.3) is 0 Å². The lowest BCUT2D eigenvalue weighted by molar-refractivity contribution is -0.122. The van der Waals surface area contributed by atoms with Crippen molar-refractivity contribution >= 4 is 5.91 Å². The molecule has 0 bridgehead atoms. The van der Waals surface area contributed by atoms with Crippen LogP contribution in [0.25, 0.3) is 0 Å². The van der Waals surface area contributed by atoms with E-state index in [1.807, 2.05) is 38.1 Å². The molecule has 1 aromatic carbocycles. The number of hydrogen-bond acceptors (Lipinski definition) is 4. The molecule has 0 fully saturated rings. The maximum Gasteiger partial charge on any atom is 0.220 e. The van der Waals surface area contributed by atoms with E-state index in [-0.39, 0.29) is 19.1 Å². The molecule has 1 rings (SSSR count). The number of ether oxygens (including phenoxy) is 2. The van der Waals surface area contributed by atoms with Crippen LogP contribution in [0, 0.1) is 5.92 Å². The van der Waals surface area contributed by atoms with Gasteiger partial charge in [-0.3, -0.25) is 4.79 Å². The number of amides is 1. The van der Waals surface area contributed by atoms with Crippen LogP contribution in [0.1, 0.15) is 25.8 Å². The minimum Gasteiger partial charge on any atom is -0.497 e. The minimum absolute atomic E-state index is 0.0424. The molecule has 0 saturated heterocycles. The first-order valence-corrected chi connectivity index (χ1v) is 7.16. The number of carbonyl (C=O) groups is 1. The molecule has 5 nitrogen and oxygen atoms in total. The molecular formula is C16H25NO4. The van der Waals surface area contributed by atoms with E-state index >= 15 is 0 Å². The molecule has 0 spiro atoms. The van der Waals surface area contributed by atoms with E-state index < -0.39 is 6.10 Å². The van der Waals surface area contributed by atoms with Crippen molar-refractivity contribution in [3.05, 3.63) is 29.8 Å². The van der Waals surface area contributed by atoms with Gasteiger partial charge in [-0.2, -0.15) is 0 Å². The summed E-state index contributed by atoms with van der Waals surface area (Å²) >= 11 is 0. The van der Waals surface area contributed by atoms with Gasteiger partial charge in [0.1, 0.15) is 5.75 Å². The van der Waals surface area contributed by atoms with E-state index in [4.69, 9.17) is 9.47 Å². The Morgan fingerprint density at radius 3 is 2.52 bits per heavy atom. The predicted octanol–water partition coefficient (Wildman–Crippen LogP) is 1.73. The fourth-order valence-corrected chi connectivity index (χ4v) is 1.77. The number of rotatable bonds is 9. The Bertz CT molecular complexity index is 417. The Balaban J connectivity index is 2.17. The summed E-state index contributed by atoms with van der Waals surface area (Å²) in [5, 5.41) is 12.4. The third-order valence-corrected chi connectivity index (χ3v) is 2.87. The van der Waals surface area contributed by atoms with E-state index in [0.29, 0.717) is 18.9 Å². The Labute approximate surface area is 126 Å². The minimum atomic E-state index is -0.695. The summed E-state index contributed by atoms with van der Waals surface area (Å²) in [5.74, 6) is 1.07. The zero-order chi connectivity index (χ0) is 15.7. The molecule has 118 valence electrons. The summed E-state index contributed by atoms with van der Waals surface area (Å²) in [6, 6.07) is 7.55. The van der Waals surface area contributed by atoms with Crippen LogP contribution in [-0.2, 0) is 16.1 Å². The summed E-state index contributed by atoms with van der Waals surface area (Å²) in [6.45, 7) is 4.78. The van der Waals surface area contributed by atoms with Gasteiger partial charge < -0.3 is 19.9 Å². The van der Waals surface area contributed by atoms with Crippen molar-refractivity contribution in [1.82, 2.24) is 5.32 Å². The number of methoxy groups -OCH3 is 1. The van der Waals surface area contributed by atoms with Gasteiger partial charge in [0.15, 0.2) is 0 Å². The standard InChI is InChI=1S/C16H25NO4/c1-12(2)8-16(19)17-9-14(18)11-21-10-13-4-6-15(20-3)7-5-13/h4-7,12,14,18H,8-11H2,1-3H3,(H,17,19)/t14-/m0/s1. The number of aliphatic hydroxyl groups is 1. The highest BCUT2D eigenvalue weighted by Gasteiger charge is 2.08. The van der Waals surface area contributed by atoms with Crippen LogP contribution in [-0.4, -0.2) is 37.4 Å². The van der Waals surface area contributed by atoms with E-state index in [2.05, 4.69) is 5.32 Å². The first-order chi connectivity index (χ1) is 10.0. The first-order valence-electron chi connectivity index (χ1n) is 7.16. The van der Waals surface area contributed by atoms with E-state index in [1.54, 1.807) is 7.11 Å². The summed E-state index contributed by atoms with van der Waals surface area (Å²) < 4.78 is 10.5. The molecule has 0 saturated carbocycles. The summed E-state index contributed by atoms with van der Waals surface area (Å²) in [6.07, 6.45) is -0.223. The van der Waals surface area contributed by atoms with Crippen LogP contribution in [0.3, 0.4) is 0 Å². The fourth-order valence-electron chi connectivity index (χ4n) is 1.77. The topological polar surface area (TPSA) is 67.8 Å². The van der Waals surface area contributed by atoms with Crippen LogP contribution in [0.15, 0.2) is 24.3 Å². The molecule has 1 aromatic rings. The van der Waals surface area contributed by atoms with Gasteiger partial charge >= 0.3 is 0 Å². The molecule has 0 aliphatic heterocycles. The van der Waals surface area contributed by atoms with Gasteiger partial charge in [0, 0.05) is 13.0 Å². The van der Waals surface area contributed by atoms with Crippen molar-refractivity contribution in [1.29, 1.82) is 0 Å². The number of nitrogens with one attached hydrogen (secondary N) is 1. The average molecular weight is 295 g/mol. The second kappa shape index (κ2) is 9.37. The van der Waals surface area contributed by atoms with Gasteiger partial charge in [0.05, 0.1) is 26.4 Å². The molecular weight excluding hydrogens is 270 g/mol. The van der Waals surface area contributed by atoms with Gasteiger partial charge in [-0.25, -0.2) is 0 Å². The van der Waals surface area contributed by atoms with Crippen molar-refractivity contribution in [2.45, 2.75) is 33.0 Å². The number of carbonyl (C=O) groups excluding carboxylic acids is 1. The molecule has 5 heteroatoms. The zero-order valence-electron chi connectivity index (χ0n) is 13.0. The lowest BCUT2D eigenvalue weighted by Crippen LogP contribution is -2.35. The van der Waals surface area contributed by atoms with Crippen LogP contribution in [0.4, 0.5) is 0 Å². The van der Waals surface area contributed by atoms with Crippen molar-refractivity contribution in [3.63, 3.8) is 0 Å². The third-order valence-electron chi connectivity index (χ3n) is 2.87. The maximum atomic E-state index is 11.4. The monoisotopic (exact) mass is 295 g/mol. The molecule has 1 atom stereocenters. The fraction of sp³-hybridized carbons (Fsp3) is 0.562. The molecule has 21 heavy (non-hydrogen) atoms. The molecule has 0 aromatic heterocycles. The van der Waals surface area contributed by atoms with Crippen LogP contribution in [0.2, 0.25) is 0 Å². The van der Waals surface area contributed by atoms with Crippen LogP contribution >= 0.6 is 0 Å². The molecule has 0 aliphatic carbocycles. The van der Waals surface area contributed by atoms with E-state index in [9.17, 15) is 9.90 Å². The normalized spacial score (nSPS) is 12.2. The van der Waals surface area contributed by atoms with Gasteiger partial charge in [0.2, 0.25) is 5.91 Å². The molecule has 2 N–H and O–H groups in total. The van der Waals surface area contributed by atoms with Crippen molar-refractivity contribution in [2.24, 2.45) is 5.92 Å². The second-order valence-corrected chi connectivity index (χ2v) is 5.42.